The van der Waals surface area contributed by atoms with E-state index < -0.39 is 0 Å². The number of amides is 1. The van der Waals surface area contributed by atoms with Gasteiger partial charge >= 0.3 is 0 Å². The molecule has 0 fully saturated rings. The van der Waals surface area contributed by atoms with E-state index in [-0.39, 0.29) is 11.3 Å². The second-order valence-electron chi connectivity index (χ2n) is 3.59. The van der Waals surface area contributed by atoms with Gasteiger partial charge in [-0.1, -0.05) is 11.6 Å². The van der Waals surface area contributed by atoms with E-state index >= 15 is 0 Å². The standard InChI is InChI=1S/C11H12BrCl2NO/c1-7(13)6-15(2)11(16)9-5-8(14)3-4-10(9)12/h3-5,7H,6H2,1-2H3. The van der Waals surface area contributed by atoms with Crippen molar-refractivity contribution in [1.82, 2.24) is 4.90 Å². The summed E-state index contributed by atoms with van der Waals surface area (Å²) >= 11 is 15.0. The first-order valence-electron chi connectivity index (χ1n) is 4.76. The van der Waals surface area contributed by atoms with E-state index in [4.69, 9.17) is 23.2 Å². The Morgan fingerprint density at radius 2 is 2.19 bits per heavy atom. The van der Waals surface area contributed by atoms with Crippen LogP contribution in [0.3, 0.4) is 0 Å². The second-order valence-corrected chi connectivity index (χ2v) is 5.63. The van der Waals surface area contributed by atoms with E-state index in [1.54, 1.807) is 30.1 Å². The SMILES string of the molecule is CC(Cl)CN(C)C(=O)c1cc(Cl)ccc1Br. The first-order valence-corrected chi connectivity index (χ1v) is 6.37. The van der Waals surface area contributed by atoms with Crippen molar-refractivity contribution >= 4 is 45.0 Å². The topological polar surface area (TPSA) is 20.3 Å². The Morgan fingerprint density at radius 3 is 2.75 bits per heavy atom. The number of hydrogen-bond acceptors (Lipinski definition) is 1. The number of halogens is 3. The molecule has 0 spiro atoms. The summed E-state index contributed by atoms with van der Waals surface area (Å²) in [5.41, 5.74) is 0.548. The molecule has 1 rings (SSSR count). The molecule has 1 atom stereocenters. The molecule has 0 saturated heterocycles. The van der Waals surface area contributed by atoms with Crippen molar-refractivity contribution in [1.29, 1.82) is 0 Å². The maximum Gasteiger partial charge on any atom is 0.254 e. The van der Waals surface area contributed by atoms with E-state index in [2.05, 4.69) is 15.9 Å². The number of benzene rings is 1. The van der Waals surface area contributed by atoms with Gasteiger partial charge in [0.15, 0.2) is 0 Å². The van der Waals surface area contributed by atoms with Gasteiger partial charge in [-0.2, -0.15) is 0 Å². The smallest absolute Gasteiger partial charge is 0.254 e. The van der Waals surface area contributed by atoms with Crippen LogP contribution < -0.4 is 0 Å². The monoisotopic (exact) mass is 323 g/mol. The third kappa shape index (κ3) is 3.65. The number of rotatable bonds is 3. The van der Waals surface area contributed by atoms with E-state index in [0.29, 0.717) is 17.1 Å². The van der Waals surface area contributed by atoms with Crippen molar-refractivity contribution in [3.63, 3.8) is 0 Å². The van der Waals surface area contributed by atoms with Crippen LogP contribution in [0, 0.1) is 0 Å². The second kappa shape index (κ2) is 5.89. The zero-order chi connectivity index (χ0) is 12.3. The average Bonchev–Trinajstić information content (AvgIpc) is 2.19. The maximum atomic E-state index is 12.0. The molecule has 0 aliphatic rings. The van der Waals surface area contributed by atoms with Crippen molar-refractivity contribution < 1.29 is 4.79 Å². The Labute approximate surface area is 114 Å². The van der Waals surface area contributed by atoms with Crippen LogP contribution in [0.5, 0.6) is 0 Å². The fourth-order valence-corrected chi connectivity index (χ4v) is 2.12. The fraction of sp³-hybridized carbons (Fsp3) is 0.364. The van der Waals surface area contributed by atoms with Crippen LogP contribution in [0.2, 0.25) is 5.02 Å². The van der Waals surface area contributed by atoms with Crippen LogP contribution in [0.4, 0.5) is 0 Å². The number of carbonyl (C=O) groups is 1. The highest BCUT2D eigenvalue weighted by Gasteiger charge is 2.16. The third-order valence-corrected chi connectivity index (χ3v) is 3.10. The Kier molecular flexibility index (Phi) is 5.09. The summed E-state index contributed by atoms with van der Waals surface area (Å²) in [6.45, 7) is 2.34. The minimum absolute atomic E-state index is 0.0769. The van der Waals surface area contributed by atoms with Crippen molar-refractivity contribution in [3.05, 3.63) is 33.3 Å². The quantitative estimate of drug-likeness (QED) is 0.774. The molecular formula is C11H12BrCl2NO. The Hall–Kier alpha value is -0.250. The highest BCUT2D eigenvalue weighted by Crippen LogP contribution is 2.22. The van der Waals surface area contributed by atoms with Crippen molar-refractivity contribution in [3.8, 4) is 0 Å². The van der Waals surface area contributed by atoms with Gasteiger partial charge in [0.05, 0.1) is 5.56 Å². The Morgan fingerprint density at radius 1 is 1.56 bits per heavy atom. The molecule has 0 aliphatic heterocycles. The van der Waals surface area contributed by atoms with Gasteiger partial charge in [0, 0.05) is 28.5 Å². The largest absolute Gasteiger partial charge is 0.340 e. The van der Waals surface area contributed by atoms with Crippen LogP contribution in [0.15, 0.2) is 22.7 Å². The number of nitrogens with zero attached hydrogens (tertiary/aromatic N) is 1. The fourth-order valence-electron chi connectivity index (χ4n) is 1.33. The zero-order valence-corrected chi connectivity index (χ0v) is 12.1. The Bertz CT molecular complexity index is 396. The molecule has 0 heterocycles. The molecule has 0 aromatic heterocycles. The molecule has 5 heteroatoms. The number of carbonyl (C=O) groups excluding carboxylic acids is 1. The summed E-state index contributed by atoms with van der Waals surface area (Å²) in [5.74, 6) is -0.0955. The first kappa shape index (κ1) is 13.8. The molecule has 1 amide bonds. The summed E-state index contributed by atoms with van der Waals surface area (Å²) in [6, 6.07) is 5.13. The molecule has 0 radical (unpaired) electrons. The predicted octanol–water partition coefficient (Wildman–Crippen LogP) is 3.80. The van der Waals surface area contributed by atoms with Gasteiger partial charge in [-0.05, 0) is 41.1 Å². The van der Waals surface area contributed by atoms with E-state index in [0.717, 1.165) is 4.47 Å². The molecule has 1 aromatic rings. The summed E-state index contributed by atoms with van der Waals surface area (Å²) in [5, 5.41) is 0.464. The van der Waals surface area contributed by atoms with Crippen LogP contribution >= 0.6 is 39.1 Å². The molecular weight excluding hydrogens is 313 g/mol. The molecule has 1 unspecified atom stereocenters. The lowest BCUT2D eigenvalue weighted by atomic mass is 10.2. The van der Waals surface area contributed by atoms with Crippen molar-refractivity contribution in [2.75, 3.05) is 13.6 Å². The van der Waals surface area contributed by atoms with Gasteiger partial charge in [0.1, 0.15) is 0 Å². The number of hydrogen-bond donors (Lipinski definition) is 0. The summed E-state index contributed by atoms with van der Waals surface area (Å²) < 4.78 is 0.732. The zero-order valence-electron chi connectivity index (χ0n) is 9.01. The maximum absolute atomic E-state index is 12.0. The first-order chi connectivity index (χ1) is 7.41. The minimum Gasteiger partial charge on any atom is -0.340 e. The average molecular weight is 325 g/mol. The van der Waals surface area contributed by atoms with Crippen LogP contribution in [-0.4, -0.2) is 29.8 Å². The van der Waals surface area contributed by atoms with Crippen LogP contribution in [0.1, 0.15) is 17.3 Å². The molecule has 88 valence electrons. The molecule has 0 N–H and O–H groups in total. The highest BCUT2D eigenvalue weighted by atomic mass is 79.9. The lowest BCUT2D eigenvalue weighted by molar-refractivity contribution is 0.0795. The third-order valence-electron chi connectivity index (χ3n) is 2.03. The summed E-state index contributed by atoms with van der Waals surface area (Å²) in [6.07, 6.45) is 0. The van der Waals surface area contributed by atoms with Gasteiger partial charge < -0.3 is 4.90 Å². The normalized spacial score (nSPS) is 12.3. The highest BCUT2D eigenvalue weighted by molar-refractivity contribution is 9.10. The lowest BCUT2D eigenvalue weighted by Gasteiger charge is -2.19. The van der Waals surface area contributed by atoms with Crippen LogP contribution in [0.25, 0.3) is 0 Å². The Balaban J connectivity index is 2.91. The van der Waals surface area contributed by atoms with Gasteiger partial charge in [0.25, 0.3) is 5.91 Å². The molecule has 1 aromatic carbocycles. The van der Waals surface area contributed by atoms with Crippen molar-refractivity contribution in [2.45, 2.75) is 12.3 Å². The number of alkyl halides is 1. The van der Waals surface area contributed by atoms with Gasteiger partial charge in [-0.3, -0.25) is 4.79 Å². The minimum atomic E-state index is -0.0955. The molecule has 0 aliphatic carbocycles. The van der Waals surface area contributed by atoms with Crippen molar-refractivity contribution in [2.24, 2.45) is 0 Å². The summed E-state index contributed by atoms with van der Waals surface area (Å²) in [4.78, 5) is 13.6. The summed E-state index contributed by atoms with van der Waals surface area (Å²) in [7, 11) is 1.72. The van der Waals surface area contributed by atoms with Gasteiger partial charge in [0.2, 0.25) is 0 Å². The van der Waals surface area contributed by atoms with E-state index in [9.17, 15) is 4.79 Å². The molecule has 0 saturated carbocycles. The predicted molar refractivity (Wildman–Crippen MR) is 71.4 cm³/mol. The molecule has 16 heavy (non-hydrogen) atoms. The van der Waals surface area contributed by atoms with Gasteiger partial charge in [-0.15, -0.1) is 11.6 Å². The van der Waals surface area contributed by atoms with Gasteiger partial charge in [-0.25, -0.2) is 0 Å². The molecule has 0 bridgehead atoms. The lowest BCUT2D eigenvalue weighted by Crippen LogP contribution is -2.31. The van der Waals surface area contributed by atoms with E-state index in [1.165, 1.54) is 0 Å². The van der Waals surface area contributed by atoms with Crippen LogP contribution in [-0.2, 0) is 0 Å². The molecule has 2 nitrogen and oxygen atoms in total. The van der Waals surface area contributed by atoms with E-state index in [1.807, 2.05) is 6.92 Å².